The number of hydrogen-bond donors (Lipinski definition) is 2. The Labute approximate surface area is 174 Å². The van der Waals surface area contributed by atoms with Gasteiger partial charge < -0.3 is 10.4 Å². The summed E-state index contributed by atoms with van der Waals surface area (Å²) in [6.07, 6.45) is 0.723. The van der Waals surface area contributed by atoms with Gasteiger partial charge in [-0.3, -0.25) is 4.79 Å². The van der Waals surface area contributed by atoms with E-state index in [-0.39, 0.29) is 21.8 Å². The summed E-state index contributed by atoms with van der Waals surface area (Å²) in [4.78, 5) is 22.0. The Morgan fingerprint density at radius 2 is 1.41 bits per heavy atom. The van der Waals surface area contributed by atoms with Crippen LogP contribution < -0.4 is 5.32 Å². The Kier molecular flexibility index (Phi) is 8.77. The summed E-state index contributed by atoms with van der Waals surface area (Å²) in [6.45, 7) is 6.52. The van der Waals surface area contributed by atoms with Crippen LogP contribution in [0.15, 0.2) is 45.3 Å². The van der Waals surface area contributed by atoms with Crippen molar-refractivity contribution in [2.24, 2.45) is 0 Å². The number of carbonyl (C=O) groups excluding carboxylic acids is 1. The molecule has 9 heteroatoms. The number of carboxylic acid groups (broad SMARTS) is 1. The molecular formula is C18H19Br2F2NO3Si. The molecule has 0 saturated carbocycles. The zero-order valence-corrected chi connectivity index (χ0v) is 19.1. The monoisotopic (exact) mass is 521 g/mol. The second kappa shape index (κ2) is 10.1. The summed E-state index contributed by atoms with van der Waals surface area (Å²) >= 11 is 5.93. The molecule has 0 bridgehead atoms. The zero-order valence-electron chi connectivity index (χ0n) is 14.9. The Hall–Kier alpha value is -1.58. The highest BCUT2D eigenvalue weighted by Crippen LogP contribution is 2.17. The smallest absolute Gasteiger partial charge is 0.335 e. The maximum absolute atomic E-state index is 13.0. The average molecular weight is 523 g/mol. The van der Waals surface area contributed by atoms with Gasteiger partial charge in [-0.15, -0.1) is 0 Å². The first kappa shape index (κ1) is 23.5. The maximum atomic E-state index is 13.0. The van der Waals surface area contributed by atoms with Crippen LogP contribution in [0.2, 0.25) is 19.6 Å². The van der Waals surface area contributed by atoms with Crippen molar-refractivity contribution in [3.05, 3.63) is 68.1 Å². The first-order valence-electron chi connectivity index (χ1n) is 7.82. The fourth-order valence-electron chi connectivity index (χ4n) is 1.71. The number of nitrogens with one attached hydrogen (secondary N) is 1. The van der Waals surface area contributed by atoms with Gasteiger partial charge >= 0.3 is 5.97 Å². The molecule has 27 heavy (non-hydrogen) atoms. The van der Waals surface area contributed by atoms with E-state index in [0.29, 0.717) is 10.0 Å². The molecule has 0 aliphatic heterocycles. The first-order chi connectivity index (χ1) is 12.4. The predicted octanol–water partition coefficient (Wildman–Crippen LogP) is 5.48. The lowest BCUT2D eigenvalue weighted by atomic mass is 10.2. The fraction of sp³-hybridized carbons (Fsp3) is 0.222. The van der Waals surface area contributed by atoms with Gasteiger partial charge in [-0.05, 0) is 68.3 Å². The van der Waals surface area contributed by atoms with Gasteiger partial charge in [0.1, 0.15) is 11.6 Å². The van der Waals surface area contributed by atoms with Gasteiger partial charge in [-0.2, -0.15) is 0 Å². The molecule has 2 aromatic rings. The Morgan fingerprint density at radius 1 is 0.963 bits per heavy atom. The first-order valence-corrected chi connectivity index (χ1v) is 13.1. The molecule has 0 aromatic heterocycles. The number of amides is 1. The van der Waals surface area contributed by atoms with Crippen LogP contribution >= 0.6 is 31.9 Å². The molecule has 4 nitrogen and oxygen atoms in total. The normalized spacial score (nSPS) is 10.6. The third-order valence-electron chi connectivity index (χ3n) is 3.13. The van der Waals surface area contributed by atoms with E-state index in [1.54, 1.807) is 0 Å². The third-order valence-corrected chi connectivity index (χ3v) is 5.58. The van der Waals surface area contributed by atoms with Crippen molar-refractivity contribution in [3.63, 3.8) is 0 Å². The van der Waals surface area contributed by atoms with Gasteiger partial charge in [0, 0.05) is 11.7 Å². The topological polar surface area (TPSA) is 66.4 Å². The van der Waals surface area contributed by atoms with Crippen molar-refractivity contribution in [2.75, 3.05) is 6.17 Å². The molecule has 2 aromatic carbocycles. The standard InChI is InChI=1S/C11H15BrFNOSi.C7H4BrFO2/c1-16(2,3)7-14-11(15)8-4-5-10(13)9(12)6-8;8-5-3-4(7(10)11)1-2-6(5)9/h4-6H,7H2,1-3H3,(H,14,15);1-3H,(H,10,11). The molecule has 0 aliphatic carbocycles. The van der Waals surface area contributed by atoms with E-state index in [0.717, 1.165) is 12.2 Å². The number of carbonyl (C=O) groups is 2. The summed E-state index contributed by atoms with van der Waals surface area (Å²) in [5.41, 5.74) is 0.546. The minimum absolute atomic E-state index is 0.0678. The Morgan fingerprint density at radius 3 is 1.81 bits per heavy atom. The van der Waals surface area contributed by atoms with Gasteiger partial charge in [0.2, 0.25) is 0 Å². The van der Waals surface area contributed by atoms with Crippen LogP contribution in [0.5, 0.6) is 0 Å². The lowest BCUT2D eigenvalue weighted by Gasteiger charge is -2.16. The molecule has 0 fully saturated rings. The molecular weight excluding hydrogens is 504 g/mol. The van der Waals surface area contributed by atoms with Crippen LogP contribution in [0.1, 0.15) is 20.7 Å². The average Bonchev–Trinajstić information content (AvgIpc) is 2.57. The summed E-state index contributed by atoms with van der Waals surface area (Å²) in [5.74, 6) is -2.04. The van der Waals surface area contributed by atoms with Crippen LogP contribution in [-0.4, -0.2) is 31.2 Å². The molecule has 0 saturated heterocycles. The largest absolute Gasteiger partial charge is 0.478 e. The van der Waals surface area contributed by atoms with Crippen molar-refractivity contribution in [2.45, 2.75) is 19.6 Å². The minimum atomic E-state index is -1.30. The number of rotatable bonds is 4. The van der Waals surface area contributed by atoms with Crippen molar-refractivity contribution in [1.29, 1.82) is 0 Å². The van der Waals surface area contributed by atoms with Crippen LogP contribution in [0.25, 0.3) is 0 Å². The van der Waals surface area contributed by atoms with Gasteiger partial charge in [0.15, 0.2) is 0 Å². The van der Waals surface area contributed by atoms with Crippen molar-refractivity contribution in [1.82, 2.24) is 5.32 Å². The number of benzene rings is 2. The summed E-state index contributed by atoms with van der Waals surface area (Å²) in [6, 6.07) is 7.80. The van der Waals surface area contributed by atoms with E-state index in [2.05, 4.69) is 56.8 Å². The van der Waals surface area contributed by atoms with Crippen LogP contribution in [0, 0.1) is 11.6 Å². The van der Waals surface area contributed by atoms with E-state index >= 15 is 0 Å². The second-order valence-corrected chi connectivity index (χ2v) is 14.0. The highest BCUT2D eigenvalue weighted by molar-refractivity contribution is 9.10. The van der Waals surface area contributed by atoms with Gasteiger partial charge in [-0.1, -0.05) is 19.6 Å². The number of carboxylic acids is 1. The molecule has 0 spiro atoms. The lowest BCUT2D eigenvalue weighted by Crippen LogP contribution is -2.39. The van der Waals surface area contributed by atoms with E-state index in [1.165, 1.54) is 30.3 Å². The quantitative estimate of drug-likeness (QED) is 0.522. The minimum Gasteiger partial charge on any atom is -0.478 e. The third kappa shape index (κ3) is 8.31. The number of aromatic carboxylic acids is 1. The van der Waals surface area contributed by atoms with E-state index in [1.807, 2.05) is 0 Å². The predicted molar refractivity (Wildman–Crippen MR) is 111 cm³/mol. The van der Waals surface area contributed by atoms with E-state index < -0.39 is 19.9 Å². The fourth-order valence-corrected chi connectivity index (χ4v) is 3.16. The summed E-state index contributed by atoms with van der Waals surface area (Å²) in [5, 5.41) is 11.3. The second-order valence-electron chi connectivity index (χ2n) is 6.81. The van der Waals surface area contributed by atoms with Gasteiger partial charge in [-0.25, -0.2) is 13.6 Å². The van der Waals surface area contributed by atoms with E-state index in [4.69, 9.17) is 5.11 Å². The lowest BCUT2D eigenvalue weighted by molar-refractivity contribution is 0.0696. The van der Waals surface area contributed by atoms with E-state index in [9.17, 15) is 18.4 Å². The van der Waals surface area contributed by atoms with Crippen LogP contribution in [-0.2, 0) is 0 Å². The van der Waals surface area contributed by atoms with Crippen molar-refractivity contribution >= 4 is 51.8 Å². The number of halogens is 4. The Balaban J connectivity index is 0.000000289. The number of hydrogen-bond acceptors (Lipinski definition) is 2. The Bertz CT molecular complexity index is 842. The summed E-state index contributed by atoms with van der Waals surface area (Å²) < 4.78 is 26.0. The molecule has 2 N–H and O–H groups in total. The molecule has 2 rings (SSSR count). The summed E-state index contributed by atoms with van der Waals surface area (Å²) in [7, 11) is -1.30. The molecule has 0 unspecified atom stereocenters. The molecule has 0 aliphatic rings. The van der Waals surface area contributed by atoms with Gasteiger partial charge in [0.05, 0.1) is 22.6 Å². The van der Waals surface area contributed by atoms with Crippen LogP contribution in [0.3, 0.4) is 0 Å². The molecule has 0 atom stereocenters. The van der Waals surface area contributed by atoms with Crippen LogP contribution in [0.4, 0.5) is 8.78 Å². The molecule has 146 valence electrons. The molecule has 0 heterocycles. The SMILES string of the molecule is C[Si](C)(C)CNC(=O)c1ccc(F)c(Br)c1.O=C(O)c1ccc(F)c(Br)c1. The highest BCUT2D eigenvalue weighted by atomic mass is 79.9. The maximum Gasteiger partial charge on any atom is 0.335 e. The molecule has 1 amide bonds. The zero-order chi connectivity index (χ0) is 20.8. The highest BCUT2D eigenvalue weighted by Gasteiger charge is 2.15. The van der Waals surface area contributed by atoms with Gasteiger partial charge in [0.25, 0.3) is 5.91 Å². The molecule has 0 radical (unpaired) electrons. The van der Waals surface area contributed by atoms with Crippen molar-refractivity contribution in [3.8, 4) is 0 Å². The van der Waals surface area contributed by atoms with Crippen molar-refractivity contribution < 1.29 is 23.5 Å².